The second-order valence-electron chi connectivity index (χ2n) is 7.71. The van der Waals surface area contributed by atoms with Gasteiger partial charge in [0.2, 0.25) is 5.72 Å². The van der Waals surface area contributed by atoms with Crippen LogP contribution in [0.15, 0.2) is 53.6 Å². The fourth-order valence-electron chi connectivity index (χ4n) is 4.53. The molecule has 3 heterocycles. The van der Waals surface area contributed by atoms with E-state index in [9.17, 15) is 0 Å². The van der Waals surface area contributed by atoms with Crippen LogP contribution in [0.2, 0.25) is 0 Å². The first kappa shape index (κ1) is 16.6. The summed E-state index contributed by atoms with van der Waals surface area (Å²) in [5.41, 5.74) is 3.11. The number of rotatable bonds is 2. The molecular formula is C22H25N3O2. The molecule has 0 N–H and O–H groups in total. The summed E-state index contributed by atoms with van der Waals surface area (Å²) in [6.45, 7) is 2.01. The van der Waals surface area contributed by atoms with Crippen molar-refractivity contribution < 1.29 is 9.47 Å². The molecule has 0 aliphatic carbocycles. The molecule has 2 aromatic rings. The number of hydrogen-bond donors (Lipinski definition) is 0. The van der Waals surface area contributed by atoms with E-state index < -0.39 is 5.72 Å². The number of piperidine rings is 1. The number of fused-ring (bicyclic) bond motifs is 4. The lowest BCUT2D eigenvalue weighted by Gasteiger charge is -2.50. The Bertz CT molecular complexity index is 872. The molecule has 1 saturated heterocycles. The first-order valence-corrected chi connectivity index (χ1v) is 9.67. The zero-order valence-electron chi connectivity index (χ0n) is 15.9. The summed E-state index contributed by atoms with van der Waals surface area (Å²) < 4.78 is 12.3. The SMILES string of the molecule is COc1cccc2c1OC1(CCN(C)CC1)N1N=C(c3ccccc3)CC21. The third kappa shape index (κ3) is 2.60. The highest BCUT2D eigenvalue weighted by atomic mass is 16.5. The second-order valence-corrected chi connectivity index (χ2v) is 7.71. The minimum atomic E-state index is -0.394. The standard InChI is InChI=1S/C22H25N3O2/c1-24-13-11-22(12-14-24)25-19(15-18(23-25)16-7-4-3-5-8-16)17-9-6-10-20(26-2)21(17)27-22/h3-10,19H,11-15H2,1-2H3. The van der Waals surface area contributed by atoms with E-state index in [0.717, 1.165) is 49.6 Å². The maximum Gasteiger partial charge on any atom is 0.200 e. The van der Waals surface area contributed by atoms with Crippen LogP contribution in [-0.4, -0.2) is 48.6 Å². The Kier molecular flexibility index (Phi) is 3.86. The van der Waals surface area contributed by atoms with E-state index in [1.54, 1.807) is 7.11 Å². The third-order valence-electron chi connectivity index (χ3n) is 6.08. The lowest BCUT2D eigenvalue weighted by molar-refractivity contribution is -0.148. The van der Waals surface area contributed by atoms with Crippen molar-refractivity contribution in [1.29, 1.82) is 0 Å². The fraction of sp³-hybridized carbons (Fsp3) is 0.409. The molecule has 1 fully saturated rings. The van der Waals surface area contributed by atoms with E-state index in [2.05, 4.69) is 47.3 Å². The summed E-state index contributed by atoms with van der Waals surface area (Å²) in [7, 11) is 3.89. The van der Waals surface area contributed by atoms with Gasteiger partial charge >= 0.3 is 0 Å². The van der Waals surface area contributed by atoms with Gasteiger partial charge in [-0.15, -0.1) is 0 Å². The van der Waals surface area contributed by atoms with Crippen molar-refractivity contribution in [2.75, 3.05) is 27.2 Å². The molecule has 1 unspecified atom stereocenters. The molecule has 0 radical (unpaired) electrons. The minimum Gasteiger partial charge on any atom is -0.493 e. The van der Waals surface area contributed by atoms with Crippen molar-refractivity contribution in [2.24, 2.45) is 5.10 Å². The van der Waals surface area contributed by atoms with Gasteiger partial charge in [-0.3, -0.25) is 0 Å². The molecule has 3 aliphatic rings. The van der Waals surface area contributed by atoms with Crippen LogP contribution >= 0.6 is 0 Å². The first-order valence-electron chi connectivity index (χ1n) is 9.67. The quantitative estimate of drug-likeness (QED) is 0.816. The molecule has 27 heavy (non-hydrogen) atoms. The molecule has 0 bridgehead atoms. The molecule has 5 heteroatoms. The van der Waals surface area contributed by atoms with Crippen LogP contribution in [0.25, 0.3) is 0 Å². The predicted octanol–water partition coefficient (Wildman–Crippen LogP) is 3.66. The Labute approximate surface area is 160 Å². The molecule has 1 atom stereocenters. The third-order valence-corrected chi connectivity index (χ3v) is 6.08. The molecular weight excluding hydrogens is 338 g/mol. The van der Waals surface area contributed by atoms with Gasteiger partial charge in [-0.2, -0.15) is 5.10 Å². The number of likely N-dealkylation sites (tertiary alicyclic amines) is 1. The van der Waals surface area contributed by atoms with Crippen molar-refractivity contribution in [3.8, 4) is 11.5 Å². The van der Waals surface area contributed by atoms with Crippen molar-refractivity contribution in [2.45, 2.75) is 31.0 Å². The number of nitrogens with zero attached hydrogens (tertiary/aromatic N) is 3. The van der Waals surface area contributed by atoms with Crippen molar-refractivity contribution in [1.82, 2.24) is 9.91 Å². The molecule has 2 aromatic carbocycles. The number of ether oxygens (including phenoxy) is 2. The number of para-hydroxylation sites is 1. The van der Waals surface area contributed by atoms with Crippen LogP contribution < -0.4 is 9.47 Å². The van der Waals surface area contributed by atoms with Gasteiger partial charge in [-0.25, -0.2) is 5.01 Å². The van der Waals surface area contributed by atoms with Crippen LogP contribution in [0, 0.1) is 0 Å². The highest BCUT2D eigenvalue weighted by Crippen LogP contribution is 2.52. The van der Waals surface area contributed by atoms with Crippen molar-refractivity contribution in [3.63, 3.8) is 0 Å². The van der Waals surface area contributed by atoms with Gasteiger partial charge in [0.05, 0.1) is 18.9 Å². The second kappa shape index (κ2) is 6.27. The summed E-state index contributed by atoms with van der Waals surface area (Å²) in [6, 6.07) is 16.9. The van der Waals surface area contributed by atoms with Gasteiger partial charge in [-0.1, -0.05) is 42.5 Å². The molecule has 0 amide bonds. The molecule has 3 aliphatic heterocycles. The number of hydrogen-bond acceptors (Lipinski definition) is 5. The summed E-state index contributed by atoms with van der Waals surface area (Å²) >= 11 is 0. The van der Waals surface area contributed by atoms with Gasteiger partial charge in [-0.05, 0) is 18.7 Å². The summed E-state index contributed by atoms with van der Waals surface area (Å²) in [6.07, 6.45) is 2.76. The number of benzene rings is 2. The topological polar surface area (TPSA) is 37.3 Å². The zero-order chi connectivity index (χ0) is 18.4. The van der Waals surface area contributed by atoms with Crippen LogP contribution in [0.5, 0.6) is 11.5 Å². The Hall–Kier alpha value is -2.53. The monoisotopic (exact) mass is 363 g/mol. The maximum atomic E-state index is 6.70. The molecule has 5 rings (SSSR count). The average molecular weight is 363 g/mol. The Morgan fingerprint density at radius 2 is 1.85 bits per heavy atom. The summed E-state index contributed by atoms with van der Waals surface area (Å²) in [5, 5.41) is 7.36. The van der Waals surface area contributed by atoms with E-state index in [1.165, 1.54) is 11.1 Å². The highest BCUT2D eigenvalue weighted by molar-refractivity contribution is 6.02. The lowest BCUT2D eigenvalue weighted by Crippen LogP contribution is -2.58. The van der Waals surface area contributed by atoms with Crippen LogP contribution in [0.4, 0.5) is 0 Å². The molecule has 140 valence electrons. The number of methoxy groups -OCH3 is 1. The average Bonchev–Trinajstić information content (AvgIpc) is 3.17. The van der Waals surface area contributed by atoms with Crippen molar-refractivity contribution >= 4 is 5.71 Å². The smallest absolute Gasteiger partial charge is 0.200 e. The van der Waals surface area contributed by atoms with Gasteiger partial charge < -0.3 is 14.4 Å². The Morgan fingerprint density at radius 3 is 2.59 bits per heavy atom. The largest absolute Gasteiger partial charge is 0.493 e. The van der Waals surface area contributed by atoms with Crippen LogP contribution in [0.1, 0.15) is 36.4 Å². The summed E-state index contributed by atoms with van der Waals surface area (Å²) in [4.78, 5) is 2.36. The summed E-state index contributed by atoms with van der Waals surface area (Å²) in [5.74, 6) is 1.72. The normalized spacial score (nSPS) is 23.4. The van der Waals surface area contributed by atoms with E-state index in [0.29, 0.717) is 0 Å². The molecule has 1 spiro atoms. The Morgan fingerprint density at radius 1 is 1.07 bits per heavy atom. The Balaban J connectivity index is 1.61. The van der Waals surface area contributed by atoms with Crippen molar-refractivity contribution in [3.05, 3.63) is 59.7 Å². The molecule has 5 nitrogen and oxygen atoms in total. The molecule has 0 saturated carbocycles. The molecule has 0 aromatic heterocycles. The van der Waals surface area contributed by atoms with E-state index >= 15 is 0 Å². The van der Waals surface area contributed by atoms with Gasteiger partial charge in [0.25, 0.3) is 0 Å². The van der Waals surface area contributed by atoms with E-state index in [-0.39, 0.29) is 6.04 Å². The van der Waals surface area contributed by atoms with Gasteiger partial charge in [0.15, 0.2) is 11.5 Å². The minimum absolute atomic E-state index is 0.197. The van der Waals surface area contributed by atoms with E-state index in [4.69, 9.17) is 14.6 Å². The van der Waals surface area contributed by atoms with Crippen LogP contribution in [-0.2, 0) is 0 Å². The highest BCUT2D eigenvalue weighted by Gasteiger charge is 2.52. The first-order chi connectivity index (χ1) is 13.2. The van der Waals surface area contributed by atoms with Crippen LogP contribution in [0.3, 0.4) is 0 Å². The van der Waals surface area contributed by atoms with Gasteiger partial charge in [0, 0.05) is 37.9 Å². The zero-order valence-corrected chi connectivity index (χ0v) is 15.9. The fourth-order valence-corrected chi connectivity index (χ4v) is 4.53. The van der Waals surface area contributed by atoms with E-state index in [1.807, 2.05) is 18.2 Å². The number of hydrazone groups is 1. The predicted molar refractivity (Wildman–Crippen MR) is 105 cm³/mol. The van der Waals surface area contributed by atoms with Gasteiger partial charge in [0.1, 0.15) is 0 Å². The maximum absolute atomic E-state index is 6.70. The lowest BCUT2D eigenvalue weighted by atomic mass is 9.90.